The van der Waals surface area contributed by atoms with E-state index in [1.165, 1.54) is 6.42 Å². The molecule has 1 aromatic rings. The summed E-state index contributed by atoms with van der Waals surface area (Å²) < 4.78 is 11.0. The molecule has 0 bridgehead atoms. The van der Waals surface area contributed by atoms with Gasteiger partial charge in [0.05, 0.1) is 25.4 Å². The number of amides is 1. The first-order valence-electron chi connectivity index (χ1n) is 10.7. The number of morpholine rings is 1. The lowest BCUT2D eigenvalue weighted by Crippen LogP contribution is -2.50. The number of nitrogens with zero attached hydrogens (tertiary/aromatic N) is 3. The van der Waals surface area contributed by atoms with Crippen LogP contribution >= 0.6 is 0 Å². The summed E-state index contributed by atoms with van der Waals surface area (Å²) in [6.45, 7) is 7.92. The lowest BCUT2D eigenvalue weighted by atomic mass is 10.0. The Bertz CT molecular complexity index is 619. The number of piperidine rings is 1. The molecule has 0 unspecified atom stereocenters. The minimum Gasteiger partial charge on any atom is -0.381 e. The highest BCUT2D eigenvalue weighted by Crippen LogP contribution is 2.20. The molecular weight excluding hydrogens is 356 g/mol. The molecule has 3 aliphatic heterocycles. The van der Waals surface area contributed by atoms with Crippen molar-refractivity contribution in [1.29, 1.82) is 0 Å². The molecule has 3 aliphatic rings. The number of pyridine rings is 1. The third kappa shape index (κ3) is 5.01. The summed E-state index contributed by atoms with van der Waals surface area (Å²) >= 11 is 0. The molecule has 3 saturated heterocycles. The van der Waals surface area contributed by atoms with Crippen LogP contribution in [0.25, 0.3) is 0 Å². The summed E-state index contributed by atoms with van der Waals surface area (Å²) in [5.74, 6) is 1.47. The van der Waals surface area contributed by atoms with Crippen LogP contribution in [0.1, 0.15) is 36.0 Å². The maximum atomic E-state index is 12.8. The second-order valence-electron chi connectivity index (χ2n) is 8.07. The normalized spacial score (nSPS) is 24.9. The van der Waals surface area contributed by atoms with E-state index in [1.807, 2.05) is 17.0 Å². The van der Waals surface area contributed by atoms with Gasteiger partial charge in [-0.05, 0) is 43.7 Å². The van der Waals surface area contributed by atoms with Gasteiger partial charge in [-0.2, -0.15) is 0 Å². The summed E-state index contributed by atoms with van der Waals surface area (Å²) in [7, 11) is 0. The number of likely N-dealkylation sites (tertiary alicyclic amines) is 1. The SMILES string of the molecule is O=C(c1ccc(NC[C@H]2CCCOC2)nc1)N1CCC(N2CCOCC2)CC1. The second kappa shape index (κ2) is 9.67. The molecule has 4 heterocycles. The first-order chi connectivity index (χ1) is 13.8. The molecule has 0 spiro atoms. The van der Waals surface area contributed by atoms with Gasteiger partial charge in [-0.1, -0.05) is 0 Å². The van der Waals surface area contributed by atoms with Crippen LogP contribution in [-0.2, 0) is 9.47 Å². The molecule has 28 heavy (non-hydrogen) atoms. The van der Waals surface area contributed by atoms with Crippen molar-refractivity contribution in [2.24, 2.45) is 5.92 Å². The topological polar surface area (TPSA) is 66.9 Å². The first kappa shape index (κ1) is 19.6. The average Bonchev–Trinajstić information content (AvgIpc) is 2.79. The van der Waals surface area contributed by atoms with Crippen molar-refractivity contribution in [3.63, 3.8) is 0 Å². The van der Waals surface area contributed by atoms with Crippen molar-refractivity contribution in [2.75, 3.05) is 64.5 Å². The molecule has 4 rings (SSSR count). The van der Waals surface area contributed by atoms with E-state index in [9.17, 15) is 4.79 Å². The van der Waals surface area contributed by atoms with E-state index in [1.54, 1.807) is 6.20 Å². The third-order valence-corrected chi connectivity index (χ3v) is 6.15. The van der Waals surface area contributed by atoms with Crippen LogP contribution in [0.5, 0.6) is 0 Å². The number of hydrogen-bond donors (Lipinski definition) is 1. The molecule has 0 aliphatic carbocycles. The van der Waals surface area contributed by atoms with E-state index >= 15 is 0 Å². The lowest BCUT2D eigenvalue weighted by Gasteiger charge is -2.40. The predicted octanol–water partition coefficient (Wildman–Crippen LogP) is 1.86. The zero-order valence-electron chi connectivity index (χ0n) is 16.6. The number of carbonyl (C=O) groups excluding carboxylic acids is 1. The lowest BCUT2D eigenvalue weighted by molar-refractivity contribution is 0.00158. The Kier molecular flexibility index (Phi) is 6.77. The Morgan fingerprint density at radius 1 is 1.07 bits per heavy atom. The van der Waals surface area contributed by atoms with Crippen molar-refractivity contribution in [1.82, 2.24) is 14.8 Å². The minimum absolute atomic E-state index is 0.0974. The Hall–Kier alpha value is -1.70. The minimum atomic E-state index is 0.0974. The summed E-state index contributed by atoms with van der Waals surface area (Å²) in [5.41, 5.74) is 0.677. The highest BCUT2D eigenvalue weighted by molar-refractivity contribution is 5.94. The molecule has 0 aromatic carbocycles. The van der Waals surface area contributed by atoms with Crippen molar-refractivity contribution in [3.05, 3.63) is 23.9 Å². The average molecular weight is 389 g/mol. The van der Waals surface area contributed by atoms with Crippen molar-refractivity contribution < 1.29 is 14.3 Å². The highest BCUT2D eigenvalue weighted by atomic mass is 16.5. The number of aromatic nitrogens is 1. The zero-order valence-corrected chi connectivity index (χ0v) is 16.6. The van der Waals surface area contributed by atoms with Gasteiger partial charge in [-0.15, -0.1) is 0 Å². The highest BCUT2D eigenvalue weighted by Gasteiger charge is 2.28. The van der Waals surface area contributed by atoms with Crippen LogP contribution in [-0.4, -0.2) is 85.9 Å². The Morgan fingerprint density at radius 3 is 2.57 bits per heavy atom. The summed E-state index contributed by atoms with van der Waals surface area (Å²) in [6, 6.07) is 4.39. The van der Waals surface area contributed by atoms with Crippen LogP contribution in [0.4, 0.5) is 5.82 Å². The third-order valence-electron chi connectivity index (χ3n) is 6.15. The van der Waals surface area contributed by atoms with E-state index in [0.29, 0.717) is 17.5 Å². The smallest absolute Gasteiger partial charge is 0.255 e. The van der Waals surface area contributed by atoms with Crippen molar-refractivity contribution >= 4 is 11.7 Å². The van der Waals surface area contributed by atoms with Crippen molar-refractivity contribution in [3.8, 4) is 0 Å². The maximum Gasteiger partial charge on any atom is 0.255 e. The summed E-state index contributed by atoms with van der Waals surface area (Å²) in [4.78, 5) is 21.8. The number of hydrogen-bond acceptors (Lipinski definition) is 6. The monoisotopic (exact) mass is 388 g/mol. The Labute approximate surface area is 167 Å². The molecule has 154 valence electrons. The fourth-order valence-corrected chi connectivity index (χ4v) is 4.40. The van der Waals surface area contributed by atoms with E-state index in [2.05, 4.69) is 15.2 Å². The van der Waals surface area contributed by atoms with Gasteiger partial charge >= 0.3 is 0 Å². The molecule has 7 nitrogen and oxygen atoms in total. The quantitative estimate of drug-likeness (QED) is 0.831. The van der Waals surface area contributed by atoms with E-state index in [4.69, 9.17) is 9.47 Å². The van der Waals surface area contributed by atoms with E-state index in [-0.39, 0.29) is 5.91 Å². The summed E-state index contributed by atoms with van der Waals surface area (Å²) in [5, 5.41) is 3.37. The van der Waals surface area contributed by atoms with Gasteiger partial charge in [-0.3, -0.25) is 9.69 Å². The molecule has 1 aromatic heterocycles. The van der Waals surface area contributed by atoms with Gasteiger partial charge in [-0.25, -0.2) is 4.98 Å². The van der Waals surface area contributed by atoms with Crippen LogP contribution in [0.15, 0.2) is 18.3 Å². The molecule has 1 atom stereocenters. The molecule has 1 amide bonds. The van der Waals surface area contributed by atoms with Crippen LogP contribution in [0, 0.1) is 5.92 Å². The van der Waals surface area contributed by atoms with Crippen LogP contribution < -0.4 is 5.32 Å². The number of ether oxygens (including phenoxy) is 2. The number of carbonyl (C=O) groups is 1. The Balaban J connectivity index is 1.24. The number of nitrogens with one attached hydrogen (secondary N) is 1. The largest absolute Gasteiger partial charge is 0.381 e. The summed E-state index contributed by atoms with van der Waals surface area (Å²) in [6.07, 6.45) is 6.13. The number of anilines is 1. The molecule has 1 N–H and O–H groups in total. The Morgan fingerprint density at radius 2 is 1.89 bits per heavy atom. The molecular formula is C21H32N4O3. The van der Waals surface area contributed by atoms with Crippen LogP contribution in [0.2, 0.25) is 0 Å². The van der Waals surface area contributed by atoms with Crippen molar-refractivity contribution in [2.45, 2.75) is 31.7 Å². The first-order valence-corrected chi connectivity index (χ1v) is 10.7. The maximum absolute atomic E-state index is 12.8. The molecule has 3 fully saturated rings. The second-order valence-corrected chi connectivity index (χ2v) is 8.07. The molecule has 7 heteroatoms. The number of rotatable bonds is 5. The van der Waals surface area contributed by atoms with Gasteiger partial charge < -0.3 is 19.7 Å². The van der Waals surface area contributed by atoms with Gasteiger partial charge in [0.15, 0.2) is 0 Å². The van der Waals surface area contributed by atoms with Gasteiger partial charge in [0.1, 0.15) is 5.82 Å². The van der Waals surface area contributed by atoms with E-state index < -0.39 is 0 Å². The fourth-order valence-electron chi connectivity index (χ4n) is 4.40. The van der Waals surface area contributed by atoms with Gasteiger partial charge in [0.25, 0.3) is 5.91 Å². The molecule has 0 radical (unpaired) electrons. The standard InChI is InChI=1S/C21H32N4O3/c26-21(25-7-5-19(6-8-25)24-9-12-27-13-10-24)18-3-4-20(23-15-18)22-14-17-2-1-11-28-16-17/h3-4,15,17,19H,1-2,5-14,16H2,(H,22,23)/t17-/m1/s1. The predicted molar refractivity (Wildman–Crippen MR) is 108 cm³/mol. The fraction of sp³-hybridized carbons (Fsp3) is 0.714. The van der Waals surface area contributed by atoms with E-state index in [0.717, 1.165) is 84.2 Å². The molecule has 0 saturated carbocycles. The van der Waals surface area contributed by atoms with Crippen LogP contribution in [0.3, 0.4) is 0 Å². The zero-order chi connectivity index (χ0) is 19.2. The van der Waals surface area contributed by atoms with Gasteiger partial charge in [0.2, 0.25) is 0 Å². The van der Waals surface area contributed by atoms with Gasteiger partial charge in [0, 0.05) is 51.6 Å².